The summed E-state index contributed by atoms with van der Waals surface area (Å²) in [5.74, 6) is 0. The maximum absolute atomic E-state index is 10.3. The van der Waals surface area contributed by atoms with E-state index >= 15 is 0 Å². The van der Waals surface area contributed by atoms with Crippen LogP contribution in [0.2, 0.25) is 0 Å². The third kappa shape index (κ3) is 1.53. The second-order valence-electron chi connectivity index (χ2n) is 1.98. The highest BCUT2D eigenvalue weighted by Gasteiger charge is 1.96. The molecule has 1 heterocycles. The molecule has 1 aromatic heterocycles. The summed E-state index contributed by atoms with van der Waals surface area (Å²) < 4.78 is 0.917. The number of halogens is 1. The Morgan fingerprint density at radius 2 is 2.40 bits per heavy atom. The molecule has 0 aliphatic heterocycles. The van der Waals surface area contributed by atoms with Crippen molar-refractivity contribution in [1.29, 1.82) is 0 Å². The molecule has 0 aliphatic carbocycles. The van der Waals surface area contributed by atoms with Crippen LogP contribution in [-0.4, -0.2) is 11.3 Å². The van der Waals surface area contributed by atoms with Gasteiger partial charge in [-0.05, 0) is 41.1 Å². The molecule has 0 radical (unpaired) electrons. The molecule has 1 aromatic rings. The van der Waals surface area contributed by atoms with Gasteiger partial charge in [-0.25, -0.2) is 4.98 Å². The summed E-state index contributed by atoms with van der Waals surface area (Å²) in [7, 11) is 0. The van der Waals surface area contributed by atoms with E-state index in [1.54, 1.807) is 6.20 Å². The first kappa shape index (κ1) is 7.65. The fourth-order valence-corrected chi connectivity index (χ4v) is 1.26. The number of aryl methyl sites for hydroxylation is 1. The highest BCUT2D eigenvalue weighted by Crippen LogP contribution is 2.06. The third-order valence-electron chi connectivity index (χ3n) is 1.24. The van der Waals surface area contributed by atoms with Crippen LogP contribution in [0.3, 0.4) is 0 Å². The highest BCUT2D eigenvalue weighted by atomic mass is 127. The van der Waals surface area contributed by atoms with Crippen molar-refractivity contribution >= 4 is 28.9 Å². The Balaban J connectivity index is 3.19. The van der Waals surface area contributed by atoms with Crippen LogP contribution in [0.1, 0.15) is 15.9 Å². The maximum Gasteiger partial charge on any atom is 0.151 e. The average molecular weight is 247 g/mol. The van der Waals surface area contributed by atoms with Crippen molar-refractivity contribution in [3.05, 3.63) is 27.1 Å². The van der Waals surface area contributed by atoms with E-state index in [9.17, 15) is 4.79 Å². The van der Waals surface area contributed by atoms with E-state index in [0.717, 1.165) is 15.6 Å². The zero-order valence-electron chi connectivity index (χ0n) is 5.47. The minimum absolute atomic E-state index is 0.667. The topological polar surface area (TPSA) is 30.0 Å². The van der Waals surface area contributed by atoms with Crippen molar-refractivity contribution in [3.8, 4) is 0 Å². The Kier molecular flexibility index (Phi) is 2.37. The second-order valence-corrected chi connectivity index (χ2v) is 3.09. The van der Waals surface area contributed by atoms with Crippen LogP contribution in [0, 0.1) is 10.6 Å². The van der Waals surface area contributed by atoms with Crippen molar-refractivity contribution in [2.45, 2.75) is 6.92 Å². The zero-order chi connectivity index (χ0) is 7.56. The Hall–Kier alpha value is -0.450. The summed E-state index contributed by atoms with van der Waals surface area (Å²) in [6.45, 7) is 1.90. The highest BCUT2D eigenvalue weighted by molar-refractivity contribution is 14.1. The van der Waals surface area contributed by atoms with Crippen molar-refractivity contribution in [3.63, 3.8) is 0 Å². The van der Waals surface area contributed by atoms with Crippen molar-refractivity contribution in [2.75, 3.05) is 0 Å². The van der Waals surface area contributed by atoms with Gasteiger partial charge in [0.05, 0.1) is 0 Å². The monoisotopic (exact) mass is 247 g/mol. The van der Waals surface area contributed by atoms with E-state index in [2.05, 4.69) is 27.6 Å². The van der Waals surface area contributed by atoms with Gasteiger partial charge in [-0.3, -0.25) is 4.79 Å². The van der Waals surface area contributed by atoms with Gasteiger partial charge in [-0.1, -0.05) is 0 Å². The van der Waals surface area contributed by atoms with Crippen LogP contribution in [0.25, 0.3) is 0 Å². The molecule has 10 heavy (non-hydrogen) atoms. The van der Waals surface area contributed by atoms with Gasteiger partial charge in [0.15, 0.2) is 6.29 Å². The molecular formula is C7H6INO. The Labute approximate surface area is 72.8 Å². The molecule has 0 N–H and O–H groups in total. The molecule has 0 spiro atoms. The molecule has 0 bridgehead atoms. The lowest BCUT2D eigenvalue weighted by Crippen LogP contribution is -1.89. The zero-order valence-corrected chi connectivity index (χ0v) is 7.62. The van der Waals surface area contributed by atoms with Crippen molar-refractivity contribution in [2.24, 2.45) is 0 Å². The van der Waals surface area contributed by atoms with Gasteiger partial charge in [0.1, 0.15) is 3.70 Å². The van der Waals surface area contributed by atoms with Gasteiger partial charge in [-0.15, -0.1) is 0 Å². The largest absolute Gasteiger partial charge is 0.298 e. The lowest BCUT2D eigenvalue weighted by Gasteiger charge is -1.95. The van der Waals surface area contributed by atoms with E-state index in [0.29, 0.717) is 5.56 Å². The molecule has 2 nitrogen and oxygen atoms in total. The van der Waals surface area contributed by atoms with Crippen LogP contribution >= 0.6 is 22.6 Å². The van der Waals surface area contributed by atoms with E-state index < -0.39 is 0 Å². The van der Waals surface area contributed by atoms with Crippen LogP contribution in [0.15, 0.2) is 12.3 Å². The van der Waals surface area contributed by atoms with Crippen LogP contribution in [-0.2, 0) is 0 Å². The number of hydrogen-bond donors (Lipinski definition) is 0. The molecule has 0 aromatic carbocycles. The molecular weight excluding hydrogens is 241 g/mol. The Morgan fingerprint density at radius 1 is 1.70 bits per heavy atom. The molecule has 0 aliphatic rings. The summed E-state index contributed by atoms with van der Waals surface area (Å²) >= 11 is 2.11. The molecule has 0 fully saturated rings. The first-order valence-electron chi connectivity index (χ1n) is 2.81. The fraction of sp³-hybridized carbons (Fsp3) is 0.143. The van der Waals surface area contributed by atoms with E-state index in [4.69, 9.17) is 0 Å². The molecule has 0 unspecified atom stereocenters. The molecule has 0 amide bonds. The van der Waals surface area contributed by atoms with Gasteiger partial charge in [0, 0.05) is 11.8 Å². The predicted octanol–water partition coefficient (Wildman–Crippen LogP) is 1.81. The number of rotatable bonds is 1. The summed E-state index contributed by atoms with van der Waals surface area (Å²) in [6, 6.07) is 1.88. The number of hydrogen-bond acceptors (Lipinski definition) is 2. The van der Waals surface area contributed by atoms with Crippen molar-refractivity contribution in [1.82, 2.24) is 4.98 Å². The molecule has 0 saturated carbocycles. The average Bonchev–Trinajstić information content (AvgIpc) is 1.88. The number of aromatic nitrogens is 1. The minimum atomic E-state index is 0.667. The van der Waals surface area contributed by atoms with E-state index in [1.807, 2.05) is 13.0 Å². The van der Waals surface area contributed by atoms with Crippen LogP contribution in [0.5, 0.6) is 0 Å². The standard InChI is InChI=1S/C7H6INO/c1-5-2-7(8)9-3-6(5)4-10/h2-4H,1H3. The molecule has 0 saturated heterocycles. The van der Waals surface area contributed by atoms with Crippen molar-refractivity contribution < 1.29 is 4.79 Å². The van der Waals surface area contributed by atoms with Gasteiger partial charge >= 0.3 is 0 Å². The van der Waals surface area contributed by atoms with Crippen LogP contribution < -0.4 is 0 Å². The number of aldehydes is 1. The summed E-state index contributed by atoms with van der Waals surface area (Å²) in [6.07, 6.45) is 2.41. The van der Waals surface area contributed by atoms with E-state index in [-0.39, 0.29) is 0 Å². The van der Waals surface area contributed by atoms with Crippen LogP contribution in [0.4, 0.5) is 0 Å². The number of carbonyl (C=O) groups is 1. The second kappa shape index (κ2) is 3.09. The molecule has 0 atom stereocenters. The van der Waals surface area contributed by atoms with Gasteiger partial charge in [-0.2, -0.15) is 0 Å². The summed E-state index contributed by atoms with van der Waals surface area (Å²) in [5.41, 5.74) is 1.65. The fourth-order valence-electron chi connectivity index (χ4n) is 0.656. The lowest BCUT2D eigenvalue weighted by atomic mass is 10.2. The lowest BCUT2D eigenvalue weighted by molar-refractivity contribution is 0.112. The normalized spacial score (nSPS) is 9.40. The van der Waals surface area contributed by atoms with Gasteiger partial charge in [0.2, 0.25) is 0 Å². The summed E-state index contributed by atoms with van der Waals surface area (Å²) in [5, 5.41) is 0. The minimum Gasteiger partial charge on any atom is -0.298 e. The molecule has 52 valence electrons. The maximum atomic E-state index is 10.3. The Bertz CT molecular complexity index is 260. The molecule has 3 heteroatoms. The van der Waals surface area contributed by atoms with Gasteiger partial charge < -0.3 is 0 Å². The number of nitrogens with zero attached hydrogens (tertiary/aromatic N) is 1. The third-order valence-corrected chi connectivity index (χ3v) is 1.83. The van der Waals surface area contributed by atoms with E-state index in [1.165, 1.54) is 0 Å². The quantitative estimate of drug-likeness (QED) is 0.430. The predicted molar refractivity (Wildman–Crippen MR) is 47.1 cm³/mol. The smallest absolute Gasteiger partial charge is 0.151 e. The summed E-state index contributed by atoms with van der Waals surface area (Å²) in [4.78, 5) is 14.3. The number of pyridine rings is 1. The molecule has 1 rings (SSSR count). The first-order chi connectivity index (χ1) is 4.74. The first-order valence-corrected chi connectivity index (χ1v) is 3.89. The number of carbonyl (C=O) groups excluding carboxylic acids is 1. The SMILES string of the molecule is Cc1cc(I)ncc1C=O. The Morgan fingerprint density at radius 3 is 2.90 bits per heavy atom. The van der Waals surface area contributed by atoms with Gasteiger partial charge in [0.25, 0.3) is 0 Å².